The third-order valence-corrected chi connectivity index (χ3v) is 4.35. The van der Waals surface area contributed by atoms with E-state index in [0.717, 1.165) is 0 Å². The summed E-state index contributed by atoms with van der Waals surface area (Å²) in [5.74, 6) is -1.19. The lowest BCUT2D eigenvalue weighted by Crippen LogP contribution is -2.28. The number of aromatic amines is 2. The van der Waals surface area contributed by atoms with Crippen LogP contribution in [-0.4, -0.2) is 34.2 Å². The number of H-pyrrole nitrogens is 2. The Hall–Kier alpha value is -3.53. The maximum atomic E-state index is 12.7. The minimum atomic E-state index is -0.957. The molecule has 2 aromatic heterocycles. The Balaban J connectivity index is 2.34. The predicted molar refractivity (Wildman–Crippen MR) is 104 cm³/mol. The van der Waals surface area contributed by atoms with Crippen LogP contribution in [0.1, 0.15) is 22.6 Å². The number of nitrogens with one attached hydrogen (secondary N) is 2. The average Bonchev–Trinajstić information content (AvgIpc) is 2.66. The van der Waals surface area contributed by atoms with Crippen LogP contribution in [0.2, 0.25) is 5.02 Å². The molecule has 3 aromatic rings. The topological polar surface area (TPSA) is 162 Å². The molecule has 0 aliphatic carbocycles. The molecule has 0 bridgehead atoms. The zero-order chi connectivity index (χ0) is 20.4. The molecular formula is C17H17ClN6O4. The Kier molecular flexibility index (Phi) is 5.23. The van der Waals surface area contributed by atoms with Gasteiger partial charge in [0.05, 0.1) is 31.3 Å². The summed E-state index contributed by atoms with van der Waals surface area (Å²) in [6.45, 7) is 0. The number of rotatable bonds is 5. The summed E-state index contributed by atoms with van der Waals surface area (Å²) in [4.78, 5) is 38.4. The number of anilines is 2. The minimum Gasteiger partial charge on any atom is -0.468 e. The molecule has 0 saturated heterocycles. The first-order valence-corrected chi connectivity index (χ1v) is 8.36. The second kappa shape index (κ2) is 7.61. The van der Waals surface area contributed by atoms with Gasteiger partial charge in [-0.2, -0.15) is 9.97 Å². The molecule has 146 valence electrons. The van der Waals surface area contributed by atoms with Gasteiger partial charge in [-0.05, 0) is 17.7 Å². The first-order chi connectivity index (χ1) is 13.3. The number of halogens is 1. The quantitative estimate of drug-likeness (QED) is 0.486. The largest absolute Gasteiger partial charge is 0.468 e. The fourth-order valence-electron chi connectivity index (χ4n) is 2.84. The van der Waals surface area contributed by atoms with Crippen LogP contribution in [0.3, 0.4) is 0 Å². The van der Waals surface area contributed by atoms with Crippen molar-refractivity contribution in [2.75, 3.05) is 25.7 Å². The first kappa shape index (κ1) is 19.2. The van der Waals surface area contributed by atoms with Crippen molar-refractivity contribution in [2.24, 2.45) is 0 Å². The van der Waals surface area contributed by atoms with Gasteiger partial charge in [0, 0.05) is 5.02 Å². The van der Waals surface area contributed by atoms with Gasteiger partial charge in [-0.15, -0.1) is 0 Å². The van der Waals surface area contributed by atoms with Crippen LogP contribution in [0, 0.1) is 0 Å². The standard InChI is InChI=1S/C17H17ClN6O4/c1-27-16-21-12(19)10(14(25)23-16)9(7-3-5-8(18)6-4-7)11-13(20)22-17(28-2)24-15(11)26/h3-6,9H,1-2H3,(H3,19,21,23,25)(H3,20,22,24,26). The normalized spacial score (nSPS) is 10.9. The number of methoxy groups -OCH3 is 2. The Morgan fingerprint density at radius 3 is 1.68 bits per heavy atom. The van der Waals surface area contributed by atoms with E-state index < -0.39 is 17.0 Å². The van der Waals surface area contributed by atoms with Gasteiger partial charge >= 0.3 is 0 Å². The second-order valence-electron chi connectivity index (χ2n) is 5.73. The van der Waals surface area contributed by atoms with Crippen LogP contribution < -0.4 is 32.1 Å². The van der Waals surface area contributed by atoms with Gasteiger partial charge < -0.3 is 20.9 Å². The third kappa shape index (κ3) is 3.49. The van der Waals surface area contributed by atoms with E-state index in [9.17, 15) is 9.59 Å². The lowest BCUT2D eigenvalue weighted by Gasteiger charge is -2.19. The summed E-state index contributed by atoms with van der Waals surface area (Å²) in [5.41, 5.74) is 11.5. The fraction of sp³-hybridized carbons (Fsp3) is 0.176. The number of hydrogen-bond acceptors (Lipinski definition) is 8. The highest BCUT2D eigenvalue weighted by atomic mass is 35.5. The van der Waals surface area contributed by atoms with Crippen LogP contribution in [0.25, 0.3) is 0 Å². The number of nitrogens with two attached hydrogens (primary N) is 2. The van der Waals surface area contributed by atoms with Crippen LogP contribution in [-0.2, 0) is 0 Å². The fourth-order valence-corrected chi connectivity index (χ4v) is 2.97. The molecule has 1 aromatic carbocycles. The summed E-state index contributed by atoms with van der Waals surface area (Å²) < 4.78 is 9.86. The molecule has 2 heterocycles. The summed E-state index contributed by atoms with van der Waals surface area (Å²) in [6.07, 6.45) is 0. The molecule has 3 rings (SSSR count). The summed E-state index contributed by atoms with van der Waals surface area (Å²) in [5, 5.41) is 0.479. The molecule has 0 radical (unpaired) electrons. The lowest BCUT2D eigenvalue weighted by atomic mass is 9.86. The average molecular weight is 405 g/mol. The molecular weight excluding hydrogens is 388 g/mol. The number of hydrogen-bond donors (Lipinski definition) is 4. The van der Waals surface area contributed by atoms with Gasteiger partial charge in [0.25, 0.3) is 23.1 Å². The number of benzene rings is 1. The molecule has 0 spiro atoms. The number of aromatic nitrogens is 4. The van der Waals surface area contributed by atoms with E-state index in [1.54, 1.807) is 24.3 Å². The molecule has 11 heteroatoms. The zero-order valence-electron chi connectivity index (χ0n) is 14.9. The Labute approximate surface area is 163 Å². The van der Waals surface area contributed by atoms with E-state index in [0.29, 0.717) is 10.6 Å². The van der Waals surface area contributed by atoms with Crippen molar-refractivity contribution < 1.29 is 9.47 Å². The molecule has 6 N–H and O–H groups in total. The van der Waals surface area contributed by atoms with Gasteiger partial charge in [-0.1, -0.05) is 23.7 Å². The predicted octanol–water partition coefficient (Wildman–Crippen LogP) is 0.868. The van der Waals surface area contributed by atoms with E-state index in [1.807, 2.05) is 0 Å². The monoisotopic (exact) mass is 404 g/mol. The molecule has 0 unspecified atom stereocenters. The van der Waals surface area contributed by atoms with Gasteiger partial charge in [-0.25, -0.2) is 0 Å². The second-order valence-corrected chi connectivity index (χ2v) is 6.17. The Morgan fingerprint density at radius 2 is 1.32 bits per heavy atom. The van der Waals surface area contributed by atoms with Crippen molar-refractivity contribution in [1.29, 1.82) is 0 Å². The minimum absolute atomic E-state index is 0.0206. The summed E-state index contributed by atoms with van der Waals surface area (Å²) in [6, 6.07) is 6.42. The summed E-state index contributed by atoms with van der Waals surface area (Å²) in [7, 11) is 2.67. The summed E-state index contributed by atoms with van der Waals surface area (Å²) >= 11 is 5.97. The maximum absolute atomic E-state index is 12.7. The molecule has 0 aliphatic rings. The smallest absolute Gasteiger partial charge is 0.298 e. The number of nitrogen functional groups attached to an aromatic ring is 2. The van der Waals surface area contributed by atoms with Gasteiger partial charge in [0.1, 0.15) is 11.6 Å². The van der Waals surface area contributed by atoms with Crippen molar-refractivity contribution in [3.05, 3.63) is 66.7 Å². The maximum Gasteiger partial charge on any atom is 0.298 e. The zero-order valence-corrected chi connectivity index (χ0v) is 15.7. The Bertz CT molecular complexity index is 1060. The molecule has 28 heavy (non-hydrogen) atoms. The lowest BCUT2D eigenvalue weighted by molar-refractivity contribution is 0.378. The molecule has 0 aliphatic heterocycles. The van der Waals surface area contributed by atoms with Crippen molar-refractivity contribution in [3.8, 4) is 12.0 Å². The van der Waals surface area contributed by atoms with Gasteiger partial charge in [0.15, 0.2) is 0 Å². The molecule has 0 fully saturated rings. The highest BCUT2D eigenvalue weighted by Crippen LogP contribution is 2.34. The van der Waals surface area contributed by atoms with Crippen molar-refractivity contribution >= 4 is 23.2 Å². The molecule has 0 amide bonds. The van der Waals surface area contributed by atoms with Crippen molar-refractivity contribution in [3.63, 3.8) is 0 Å². The van der Waals surface area contributed by atoms with Crippen LogP contribution >= 0.6 is 11.6 Å². The SMILES string of the molecule is COc1nc(N)c(C(c2ccc(Cl)cc2)c2c(N)nc(OC)[nH]c2=O)c(=O)[nH]1. The number of nitrogens with zero attached hydrogens (tertiary/aromatic N) is 2. The highest BCUT2D eigenvalue weighted by Gasteiger charge is 2.29. The number of ether oxygens (including phenoxy) is 2. The van der Waals surface area contributed by atoms with E-state index in [2.05, 4.69) is 19.9 Å². The van der Waals surface area contributed by atoms with Crippen LogP contribution in [0.4, 0.5) is 11.6 Å². The van der Waals surface area contributed by atoms with E-state index >= 15 is 0 Å². The molecule has 10 nitrogen and oxygen atoms in total. The first-order valence-electron chi connectivity index (χ1n) is 7.98. The third-order valence-electron chi connectivity index (χ3n) is 4.09. The van der Waals surface area contributed by atoms with Crippen LogP contribution in [0.15, 0.2) is 33.9 Å². The van der Waals surface area contributed by atoms with E-state index in [4.69, 9.17) is 32.5 Å². The molecule has 0 atom stereocenters. The van der Waals surface area contributed by atoms with Gasteiger partial charge in [0.2, 0.25) is 0 Å². The van der Waals surface area contributed by atoms with E-state index in [-0.39, 0.29) is 34.8 Å². The highest BCUT2D eigenvalue weighted by molar-refractivity contribution is 6.30. The van der Waals surface area contributed by atoms with Gasteiger partial charge in [-0.3, -0.25) is 19.6 Å². The van der Waals surface area contributed by atoms with Crippen molar-refractivity contribution in [1.82, 2.24) is 19.9 Å². The molecule has 0 saturated carbocycles. The Morgan fingerprint density at radius 1 is 0.893 bits per heavy atom. The van der Waals surface area contributed by atoms with Crippen LogP contribution in [0.5, 0.6) is 12.0 Å². The van der Waals surface area contributed by atoms with Crippen molar-refractivity contribution in [2.45, 2.75) is 5.92 Å². The van der Waals surface area contributed by atoms with E-state index in [1.165, 1.54) is 14.2 Å².